The van der Waals surface area contributed by atoms with Gasteiger partial charge in [-0.05, 0) is 10.7 Å². The van der Waals surface area contributed by atoms with E-state index in [1.54, 1.807) is 5.70 Å². The van der Waals surface area contributed by atoms with Gasteiger partial charge in [-0.2, -0.15) is 0 Å². The van der Waals surface area contributed by atoms with Crippen molar-refractivity contribution in [3.63, 3.8) is 0 Å². The van der Waals surface area contributed by atoms with Gasteiger partial charge in [0.2, 0.25) is 0 Å². The molecule has 2 rings (SSSR count). The number of carboxylic acid groups (broad SMARTS) is 1. The average molecular weight is 188 g/mol. The van der Waals surface area contributed by atoms with Crippen LogP contribution in [0.3, 0.4) is 0 Å². The molecule has 64 valence electrons. The summed E-state index contributed by atoms with van der Waals surface area (Å²) in [6.45, 7) is 0. The number of hydrogen-bond acceptors (Lipinski definition) is 1. The molecule has 0 amide bonds. The van der Waals surface area contributed by atoms with Crippen molar-refractivity contribution < 1.29 is 9.90 Å². The fraction of sp³-hybridized carbons (Fsp3) is 0. The number of allylic oxidation sites excluding steroid dienone is 1. The first-order valence-corrected chi connectivity index (χ1v) is 5.58. The van der Waals surface area contributed by atoms with E-state index in [1.807, 2.05) is 36.4 Å². The van der Waals surface area contributed by atoms with Crippen LogP contribution in [-0.4, -0.2) is 24.3 Å². The van der Waals surface area contributed by atoms with E-state index in [4.69, 9.17) is 5.11 Å². The highest BCUT2D eigenvalue weighted by Gasteiger charge is 2.18. The summed E-state index contributed by atoms with van der Waals surface area (Å²) in [5.74, 6) is 0. The number of hydrogen-bond donors (Lipinski definition) is 1. The molecule has 1 heterocycles. The van der Waals surface area contributed by atoms with Gasteiger partial charge in [-0.25, -0.2) is 0 Å². The van der Waals surface area contributed by atoms with Crippen LogP contribution >= 0.6 is 0 Å². The molecule has 0 atom stereocenters. The molecule has 0 bridgehead atoms. The quantitative estimate of drug-likeness (QED) is 0.716. The predicted molar refractivity (Wildman–Crippen MR) is 53.5 cm³/mol. The van der Waals surface area contributed by atoms with Gasteiger partial charge in [0.15, 0.2) is 8.41 Å². The van der Waals surface area contributed by atoms with Gasteiger partial charge in [0, 0.05) is 0 Å². The van der Waals surface area contributed by atoms with Crippen LogP contribution in [0.25, 0.3) is 0 Å². The fourth-order valence-corrected chi connectivity index (χ4v) is 2.66. The maximum atomic E-state index is 10.7. The summed E-state index contributed by atoms with van der Waals surface area (Å²) in [5.41, 5.74) is 2.17. The van der Waals surface area contributed by atoms with Gasteiger partial charge in [-0.3, -0.25) is 4.79 Å². The SMILES string of the molecule is O=C(O)[Si]1=C(c2ccccc2)C=C1. The fourth-order valence-electron chi connectivity index (χ4n) is 1.31. The van der Waals surface area contributed by atoms with Crippen molar-refractivity contribution in [1.29, 1.82) is 0 Å². The maximum absolute atomic E-state index is 10.7. The third kappa shape index (κ3) is 1.38. The summed E-state index contributed by atoms with van der Waals surface area (Å²) in [5, 5.41) is 9.84. The highest BCUT2D eigenvalue weighted by atomic mass is 28.2. The van der Waals surface area contributed by atoms with Crippen molar-refractivity contribution in [2.24, 2.45) is 0 Å². The monoisotopic (exact) mass is 188 g/mol. The van der Waals surface area contributed by atoms with E-state index in [-0.39, 0.29) is 0 Å². The zero-order valence-corrected chi connectivity index (χ0v) is 7.90. The van der Waals surface area contributed by atoms with E-state index < -0.39 is 14.0 Å². The number of carbonyl (C=O) groups is 1. The van der Waals surface area contributed by atoms with Crippen LogP contribution in [0.5, 0.6) is 0 Å². The summed E-state index contributed by atoms with van der Waals surface area (Å²) in [4.78, 5) is 10.7. The minimum atomic E-state index is -1.40. The summed E-state index contributed by atoms with van der Waals surface area (Å²) < 4.78 is 0. The van der Waals surface area contributed by atoms with Crippen LogP contribution in [0.1, 0.15) is 5.56 Å². The first kappa shape index (κ1) is 8.13. The Morgan fingerprint density at radius 1 is 1.23 bits per heavy atom. The molecule has 0 aromatic heterocycles. The largest absolute Gasteiger partial charge is 0.482 e. The normalized spacial score (nSPS) is 14.2. The molecule has 2 nitrogen and oxygen atoms in total. The van der Waals surface area contributed by atoms with Crippen LogP contribution in [-0.2, 0) is 0 Å². The van der Waals surface area contributed by atoms with Crippen molar-refractivity contribution in [2.45, 2.75) is 0 Å². The van der Waals surface area contributed by atoms with Gasteiger partial charge in [0.1, 0.15) is 0 Å². The third-order valence-electron chi connectivity index (χ3n) is 2.02. The lowest BCUT2D eigenvalue weighted by atomic mass is 10.1. The molecule has 1 N–H and O–H groups in total. The van der Waals surface area contributed by atoms with Crippen molar-refractivity contribution >= 4 is 19.2 Å². The van der Waals surface area contributed by atoms with Crippen LogP contribution < -0.4 is 0 Å². The van der Waals surface area contributed by atoms with Gasteiger partial charge in [-0.1, -0.05) is 42.1 Å². The minimum absolute atomic E-state index is 0.675. The van der Waals surface area contributed by atoms with E-state index in [0.29, 0.717) is 0 Å². The summed E-state index contributed by atoms with van der Waals surface area (Å²) >= 11 is 0. The Bertz CT molecular complexity index is 404. The van der Waals surface area contributed by atoms with Gasteiger partial charge in [-0.15, -0.1) is 0 Å². The third-order valence-corrected chi connectivity index (χ3v) is 4.02. The molecule has 13 heavy (non-hydrogen) atoms. The van der Waals surface area contributed by atoms with Crippen molar-refractivity contribution in [3.05, 3.63) is 47.7 Å². The molecule has 0 aliphatic carbocycles. The second-order valence-corrected chi connectivity index (χ2v) is 4.96. The first-order chi connectivity index (χ1) is 6.29. The van der Waals surface area contributed by atoms with Crippen LogP contribution in [0.2, 0.25) is 0 Å². The summed E-state index contributed by atoms with van der Waals surface area (Å²) in [6.07, 6.45) is 1.90. The maximum Gasteiger partial charge on any atom is 0.295 e. The molecular weight excluding hydrogens is 180 g/mol. The molecule has 3 heteroatoms. The molecule has 0 radical (unpaired) electrons. The lowest BCUT2D eigenvalue weighted by Gasteiger charge is -2.11. The number of benzene rings is 1. The Morgan fingerprint density at radius 3 is 2.38 bits per heavy atom. The van der Waals surface area contributed by atoms with Gasteiger partial charge in [0.05, 0.1) is 0 Å². The van der Waals surface area contributed by atoms with Gasteiger partial charge in [0.25, 0.3) is 5.59 Å². The predicted octanol–water partition coefficient (Wildman–Crippen LogP) is 1.65. The highest BCUT2D eigenvalue weighted by Crippen LogP contribution is 2.08. The molecule has 0 saturated carbocycles. The lowest BCUT2D eigenvalue weighted by molar-refractivity contribution is 0.220. The second-order valence-electron chi connectivity index (χ2n) is 2.83. The van der Waals surface area contributed by atoms with Crippen LogP contribution in [0.4, 0.5) is 4.79 Å². The molecule has 0 saturated heterocycles. The van der Waals surface area contributed by atoms with E-state index >= 15 is 0 Å². The topological polar surface area (TPSA) is 37.3 Å². The van der Waals surface area contributed by atoms with Crippen LogP contribution in [0.15, 0.2) is 42.1 Å². The van der Waals surface area contributed by atoms with E-state index in [0.717, 1.165) is 10.7 Å². The molecule has 0 fully saturated rings. The van der Waals surface area contributed by atoms with Gasteiger partial charge < -0.3 is 5.11 Å². The summed E-state index contributed by atoms with van der Waals surface area (Å²) in [6, 6.07) is 9.68. The van der Waals surface area contributed by atoms with E-state index in [9.17, 15) is 4.79 Å². The first-order valence-electron chi connectivity index (χ1n) is 4.00. The molecule has 1 aliphatic heterocycles. The smallest absolute Gasteiger partial charge is 0.295 e. The molecule has 1 aliphatic rings. The Morgan fingerprint density at radius 2 is 1.92 bits per heavy atom. The zero-order valence-electron chi connectivity index (χ0n) is 6.90. The zero-order chi connectivity index (χ0) is 9.26. The van der Waals surface area contributed by atoms with E-state index in [2.05, 4.69) is 0 Å². The van der Waals surface area contributed by atoms with Gasteiger partial charge >= 0.3 is 0 Å². The molecule has 0 unspecified atom stereocenters. The second kappa shape index (κ2) is 3.10. The summed E-state index contributed by atoms with van der Waals surface area (Å²) in [7, 11) is -1.40. The van der Waals surface area contributed by atoms with E-state index in [1.165, 1.54) is 0 Å². The van der Waals surface area contributed by atoms with Crippen LogP contribution in [0, 0.1) is 0 Å². The van der Waals surface area contributed by atoms with Crippen molar-refractivity contribution in [2.75, 3.05) is 0 Å². The molecule has 1 aromatic carbocycles. The lowest BCUT2D eigenvalue weighted by Crippen LogP contribution is -2.28. The molecular formula is C10H8O2Si. The molecule has 1 aromatic rings. The standard InChI is InChI=1S/C10H8O2Si/c11-10(12)13-7-6-9(13)8-4-2-1-3-5-8/h1-7H,(H,11,12). The van der Waals surface area contributed by atoms with Crippen molar-refractivity contribution in [3.8, 4) is 0 Å². The number of rotatable bonds is 2. The minimum Gasteiger partial charge on any atom is -0.482 e. The Balaban J connectivity index is 2.39. The molecule has 0 spiro atoms. The Kier molecular flexibility index (Phi) is 1.94. The average Bonchev–Trinajstić information content (AvgIpc) is 2.02. The Labute approximate surface area is 77.4 Å². The van der Waals surface area contributed by atoms with Crippen molar-refractivity contribution in [1.82, 2.24) is 0 Å². The Hall–Kier alpha value is -1.48. The highest BCUT2D eigenvalue weighted by molar-refractivity contribution is 7.03.